The Bertz CT molecular complexity index is 416. The van der Waals surface area contributed by atoms with Crippen molar-refractivity contribution in [3.8, 4) is 0 Å². The molecule has 0 radical (unpaired) electrons. The molecule has 0 saturated carbocycles. The van der Waals surface area contributed by atoms with Gasteiger partial charge in [-0.1, -0.05) is 0 Å². The lowest BCUT2D eigenvalue weighted by Gasteiger charge is -2.31. The SMILES string of the molecule is CN1CCOC(Cn2ccc3c2CCCC3O)C1. The summed E-state index contributed by atoms with van der Waals surface area (Å²) in [5.41, 5.74) is 2.44. The predicted octanol–water partition coefficient (Wildman–Crippen LogP) is 1.19. The van der Waals surface area contributed by atoms with Gasteiger partial charge in [0.05, 0.1) is 18.8 Å². The summed E-state index contributed by atoms with van der Waals surface area (Å²) < 4.78 is 8.09. The fourth-order valence-electron chi connectivity index (χ4n) is 3.10. The number of aliphatic hydroxyl groups excluding tert-OH is 1. The quantitative estimate of drug-likeness (QED) is 0.856. The summed E-state index contributed by atoms with van der Waals surface area (Å²) in [6.07, 6.45) is 5.20. The molecule has 2 heterocycles. The minimum atomic E-state index is -0.259. The van der Waals surface area contributed by atoms with Gasteiger partial charge in [0, 0.05) is 37.1 Å². The van der Waals surface area contributed by atoms with Crippen LogP contribution in [0.1, 0.15) is 30.2 Å². The zero-order valence-electron chi connectivity index (χ0n) is 11.0. The van der Waals surface area contributed by atoms with Gasteiger partial charge < -0.3 is 19.3 Å². The Morgan fingerprint density at radius 1 is 1.50 bits per heavy atom. The van der Waals surface area contributed by atoms with Gasteiger partial charge in [0.2, 0.25) is 0 Å². The fraction of sp³-hybridized carbons (Fsp3) is 0.714. The second-order valence-electron chi connectivity index (χ2n) is 5.53. The lowest BCUT2D eigenvalue weighted by molar-refractivity contribution is -0.0278. The molecule has 1 aliphatic heterocycles. The zero-order chi connectivity index (χ0) is 12.5. The van der Waals surface area contributed by atoms with Crippen LogP contribution in [0.15, 0.2) is 12.3 Å². The molecule has 1 N–H and O–H groups in total. The maximum absolute atomic E-state index is 9.97. The predicted molar refractivity (Wildman–Crippen MR) is 69.6 cm³/mol. The van der Waals surface area contributed by atoms with Crippen molar-refractivity contribution >= 4 is 0 Å². The molecule has 3 rings (SSSR count). The summed E-state index contributed by atoms with van der Waals surface area (Å²) in [7, 11) is 2.14. The summed E-state index contributed by atoms with van der Waals surface area (Å²) in [5, 5.41) is 9.97. The van der Waals surface area contributed by atoms with Crippen molar-refractivity contribution in [3.05, 3.63) is 23.5 Å². The Hall–Kier alpha value is -0.840. The second-order valence-corrected chi connectivity index (χ2v) is 5.53. The smallest absolute Gasteiger partial charge is 0.0880 e. The van der Waals surface area contributed by atoms with Crippen LogP contribution >= 0.6 is 0 Å². The second kappa shape index (κ2) is 5.03. The highest BCUT2D eigenvalue weighted by Crippen LogP contribution is 2.30. The molecule has 1 saturated heterocycles. The number of hydrogen-bond acceptors (Lipinski definition) is 3. The molecule has 2 unspecified atom stereocenters. The summed E-state index contributed by atoms with van der Waals surface area (Å²) in [6.45, 7) is 3.76. The maximum Gasteiger partial charge on any atom is 0.0880 e. The third-order valence-corrected chi connectivity index (χ3v) is 4.11. The average molecular weight is 250 g/mol. The summed E-state index contributed by atoms with van der Waals surface area (Å²) >= 11 is 0. The van der Waals surface area contributed by atoms with Crippen LogP contribution in [0.3, 0.4) is 0 Å². The molecule has 2 atom stereocenters. The van der Waals surface area contributed by atoms with Crippen LogP contribution in [0.5, 0.6) is 0 Å². The first-order valence-electron chi connectivity index (χ1n) is 6.90. The number of fused-ring (bicyclic) bond motifs is 1. The van der Waals surface area contributed by atoms with Gasteiger partial charge in [-0.2, -0.15) is 0 Å². The summed E-state index contributed by atoms with van der Waals surface area (Å²) in [5.74, 6) is 0. The first-order valence-corrected chi connectivity index (χ1v) is 6.90. The van der Waals surface area contributed by atoms with E-state index in [9.17, 15) is 5.11 Å². The molecule has 0 aromatic carbocycles. The largest absolute Gasteiger partial charge is 0.388 e. The normalized spacial score (nSPS) is 29.2. The number of nitrogens with zero attached hydrogens (tertiary/aromatic N) is 2. The molecule has 4 heteroatoms. The van der Waals surface area contributed by atoms with Crippen molar-refractivity contribution in [1.29, 1.82) is 0 Å². The first kappa shape index (κ1) is 12.2. The molecule has 4 nitrogen and oxygen atoms in total. The van der Waals surface area contributed by atoms with Gasteiger partial charge in [-0.15, -0.1) is 0 Å². The van der Waals surface area contributed by atoms with Gasteiger partial charge in [-0.3, -0.25) is 0 Å². The molecule has 1 fully saturated rings. The van der Waals surface area contributed by atoms with Crippen LogP contribution in [-0.2, 0) is 17.7 Å². The zero-order valence-corrected chi connectivity index (χ0v) is 11.0. The first-order chi connectivity index (χ1) is 8.74. The number of aromatic nitrogens is 1. The molecular weight excluding hydrogens is 228 g/mol. The van der Waals surface area contributed by atoms with Crippen molar-refractivity contribution in [2.24, 2.45) is 0 Å². The third-order valence-electron chi connectivity index (χ3n) is 4.11. The number of hydrogen-bond donors (Lipinski definition) is 1. The Labute approximate surface area is 108 Å². The number of ether oxygens (including phenoxy) is 1. The van der Waals surface area contributed by atoms with Crippen molar-refractivity contribution in [2.45, 2.75) is 38.0 Å². The number of aliphatic hydroxyl groups is 1. The topological polar surface area (TPSA) is 37.6 Å². The van der Waals surface area contributed by atoms with Crippen molar-refractivity contribution in [3.63, 3.8) is 0 Å². The van der Waals surface area contributed by atoms with E-state index in [1.165, 1.54) is 5.69 Å². The van der Waals surface area contributed by atoms with Crippen LogP contribution < -0.4 is 0 Å². The molecule has 0 spiro atoms. The van der Waals surface area contributed by atoms with Crippen LogP contribution in [0.2, 0.25) is 0 Å². The minimum Gasteiger partial charge on any atom is -0.388 e. The summed E-state index contributed by atoms with van der Waals surface area (Å²) in [4.78, 5) is 2.32. The van der Waals surface area contributed by atoms with E-state index in [1.807, 2.05) is 0 Å². The highest BCUT2D eigenvalue weighted by Gasteiger charge is 2.24. The lowest BCUT2D eigenvalue weighted by atomic mass is 9.95. The molecule has 1 aromatic heterocycles. The van der Waals surface area contributed by atoms with E-state index in [2.05, 4.69) is 28.8 Å². The van der Waals surface area contributed by atoms with E-state index in [0.717, 1.165) is 51.1 Å². The number of likely N-dealkylation sites (N-methyl/N-ethyl adjacent to an activating group) is 1. The molecular formula is C14H22N2O2. The standard InChI is InChI=1S/C14H22N2O2/c1-15-7-8-18-11(9-15)10-16-6-5-12-13(16)3-2-4-14(12)17/h5-6,11,14,17H,2-4,7-10H2,1H3. The Morgan fingerprint density at radius 3 is 3.22 bits per heavy atom. The average Bonchev–Trinajstić information content (AvgIpc) is 2.74. The molecule has 1 aromatic rings. The van der Waals surface area contributed by atoms with Crippen molar-refractivity contribution < 1.29 is 9.84 Å². The Morgan fingerprint density at radius 2 is 2.39 bits per heavy atom. The van der Waals surface area contributed by atoms with Gasteiger partial charge >= 0.3 is 0 Å². The number of rotatable bonds is 2. The highest BCUT2D eigenvalue weighted by atomic mass is 16.5. The van der Waals surface area contributed by atoms with Crippen molar-refractivity contribution in [1.82, 2.24) is 9.47 Å². The van der Waals surface area contributed by atoms with Crippen LogP contribution in [-0.4, -0.2) is 47.4 Å². The molecule has 0 bridgehead atoms. The Balaban J connectivity index is 1.73. The monoisotopic (exact) mass is 250 g/mol. The van der Waals surface area contributed by atoms with Gasteiger partial charge in [-0.25, -0.2) is 0 Å². The molecule has 18 heavy (non-hydrogen) atoms. The van der Waals surface area contributed by atoms with Gasteiger partial charge in [0.1, 0.15) is 0 Å². The van der Waals surface area contributed by atoms with E-state index in [-0.39, 0.29) is 12.2 Å². The lowest BCUT2D eigenvalue weighted by Crippen LogP contribution is -2.42. The van der Waals surface area contributed by atoms with Gasteiger partial charge in [0.25, 0.3) is 0 Å². The molecule has 0 amide bonds. The fourth-order valence-corrected chi connectivity index (χ4v) is 3.10. The van der Waals surface area contributed by atoms with Crippen LogP contribution in [0.25, 0.3) is 0 Å². The van der Waals surface area contributed by atoms with E-state index in [4.69, 9.17) is 4.74 Å². The van der Waals surface area contributed by atoms with Gasteiger partial charge in [0.15, 0.2) is 0 Å². The molecule has 1 aliphatic carbocycles. The summed E-state index contributed by atoms with van der Waals surface area (Å²) in [6, 6.07) is 2.08. The van der Waals surface area contributed by atoms with E-state index >= 15 is 0 Å². The number of morpholine rings is 1. The molecule has 2 aliphatic rings. The highest BCUT2D eigenvalue weighted by molar-refractivity contribution is 5.27. The molecule has 100 valence electrons. The minimum absolute atomic E-state index is 0.259. The van der Waals surface area contributed by atoms with Crippen LogP contribution in [0, 0.1) is 0 Å². The Kier molecular flexibility index (Phi) is 3.41. The third kappa shape index (κ3) is 2.32. The van der Waals surface area contributed by atoms with Crippen LogP contribution in [0.4, 0.5) is 0 Å². The van der Waals surface area contributed by atoms with E-state index < -0.39 is 0 Å². The van der Waals surface area contributed by atoms with E-state index in [1.54, 1.807) is 0 Å². The van der Waals surface area contributed by atoms with Gasteiger partial charge in [-0.05, 0) is 32.4 Å². The maximum atomic E-state index is 9.97. The van der Waals surface area contributed by atoms with Crippen molar-refractivity contribution in [2.75, 3.05) is 26.7 Å². The van der Waals surface area contributed by atoms with E-state index in [0.29, 0.717) is 0 Å².